The van der Waals surface area contributed by atoms with Gasteiger partial charge < -0.3 is 10.3 Å². The minimum Gasteiger partial charge on any atom is -0.398 e. The van der Waals surface area contributed by atoms with Gasteiger partial charge in [-0.15, -0.1) is 0 Å². The molecule has 3 rings (SSSR count). The molecule has 0 radical (unpaired) electrons. The molecule has 1 aromatic heterocycles. The molecule has 5 heteroatoms. The first-order chi connectivity index (χ1) is 9.33. The van der Waals surface area contributed by atoms with Gasteiger partial charge in [0.2, 0.25) is 5.89 Å². The van der Waals surface area contributed by atoms with Crippen LogP contribution in [0.2, 0.25) is 0 Å². The molecule has 100 valence electrons. The molecule has 19 heavy (non-hydrogen) atoms. The Kier molecular flexibility index (Phi) is 3.73. The number of anilines is 1. The van der Waals surface area contributed by atoms with Gasteiger partial charge >= 0.3 is 0 Å². The van der Waals surface area contributed by atoms with E-state index in [1.807, 2.05) is 36.0 Å². The summed E-state index contributed by atoms with van der Waals surface area (Å²) in [5, 5.41) is 4.52. The summed E-state index contributed by atoms with van der Waals surface area (Å²) in [4.78, 5) is 4.52. The predicted octanol–water partition coefficient (Wildman–Crippen LogP) is 3.20. The van der Waals surface area contributed by atoms with E-state index in [0.29, 0.717) is 17.6 Å². The first kappa shape index (κ1) is 12.5. The molecule has 0 amide bonds. The molecule has 2 heterocycles. The van der Waals surface area contributed by atoms with Gasteiger partial charge in [0, 0.05) is 5.69 Å². The van der Waals surface area contributed by atoms with Crippen LogP contribution in [-0.2, 0) is 6.42 Å². The van der Waals surface area contributed by atoms with Gasteiger partial charge in [-0.3, -0.25) is 0 Å². The maximum Gasteiger partial charge on any atom is 0.231 e. The standard InChI is InChI=1S/C14H17N3OS/c15-11-6-2-1-5-10(11)9-13-16-14(17-18-13)12-7-3-4-8-19-12/h1-2,5-6,12H,3-4,7-9,15H2. The molecule has 1 unspecified atom stereocenters. The zero-order valence-corrected chi connectivity index (χ0v) is 11.5. The molecule has 1 fully saturated rings. The van der Waals surface area contributed by atoms with E-state index in [2.05, 4.69) is 10.1 Å². The highest BCUT2D eigenvalue weighted by atomic mass is 32.2. The smallest absolute Gasteiger partial charge is 0.231 e. The molecule has 0 bridgehead atoms. The number of nitrogen functional groups attached to an aromatic ring is 1. The Hall–Kier alpha value is -1.49. The molecular weight excluding hydrogens is 258 g/mol. The van der Waals surface area contributed by atoms with Crippen molar-refractivity contribution in [1.82, 2.24) is 10.1 Å². The Morgan fingerprint density at radius 1 is 1.32 bits per heavy atom. The van der Waals surface area contributed by atoms with E-state index in [-0.39, 0.29) is 0 Å². The van der Waals surface area contributed by atoms with E-state index in [0.717, 1.165) is 23.5 Å². The number of thioether (sulfide) groups is 1. The van der Waals surface area contributed by atoms with Crippen molar-refractivity contribution in [3.05, 3.63) is 41.5 Å². The van der Waals surface area contributed by atoms with E-state index < -0.39 is 0 Å². The molecule has 4 nitrogen and oxygen atoms in total. The molecule has 2 N–H and O–H groups in total. The molecule has 1 saturated heterocycles. The number of benzene rings is 1. The van der Waals surface area contributed by atoms with E-state index in [9.17, 15) is 0 Å². The number of rotatable bonds is 3. The molecule has 0 aliphatic carbocycles. The number of nitrogens with two attached hydrogens (primary N) is 1. The minimum absolute atomic E-state index is 0.402. The Balaban J connectivity index is 1.73. The maximum atomic E-state index is 5.92. The third-order valence-electron chi connectivity index (χ3n) is 3.35. The molecule has 1 aliphatic rings. The average Bonchev–Trinajstić information content (AvgIpc) is 2.91. The van der Waals surface area contributed by atoms with Crippen molar-refractivity contribution in [2.75, 3.05) is 11.5 Å². The van der Waals surface area contributed by atoms with Crippen molar-refractivity contribution in [2.24, 2.45) is 0 Å². The highest BCUT2D eigenvalue weighted by molar-refractivity contribution is 7.99. The van der Waals surface area contributed by atoms with Crippen LogP contribution in [0.4, 0.5) is 5.69 Å². The molecule has 0 spiro atoms. The molecule has 1 aromatic carbocycles. The number of aromatic nitrogens is 2. The summed E-state index contributed by atoms with van der Waals surface area (Å²) in [6, 6.07) is 7.79. The van der Waals surface area contributed by atoms with Gasteiger partial charge in [-0.2, -0.15) is 16.7 Å². The fraction of sp³-hybridized carbons (Fsp3) is 0.429. The van der Waals surface area contributed by atoms with Crippen LogP contribution in [0.15, 0.2) is 28.8 Å². The van der Waals surface area contributed by atoms with E-state index in [4.69, 9.17) is 10.3 Å². The topological polar surface area (TPSA) is 64.9 Å². The van der Waals surface area contributed by atoms with Crippen molar-refractivity contribution in [2.45, 2.75) is 30.9 Å². The summed E-state index contributed by atoms with van der Waals surface area (Å²) in [5.74, 6) is 2.69. The van der Waals surface area contributed by atoms with Gasteiger partial charge in [-0.05, 0) is 30.2 Å². The van der Waals surface area contributed by atoms with Gasteiger partial charge in [-0.25, -0.2) is 0 Å². The van der Waals surface area contributed by atoms with Crippen LogP contribution in [0.5, 0.6) is 0 Å². The van der Waals surface area contributed by atoms with Crippen molar-refractivity contribution >= 4 is 17.4 Å². The lowest BCUT2D eigenvalue weighted by Gasteiger charge is -2.17. The SMILES string of the molecule is Nc1ccccc1Cc1nc(C2CCCCS2)no1. The number of nitrogens with zero attached hydrogens (tertiary/aromatic N) is 2. The lowest BCUT2D eigenvalue weighted by molar-refractivity contribution is 0.378. The molecule has 1 atom stereocenters. The van der Waals surface area contributed by atoms with Crippen molar-refractivity contribution in [3.8, 4) is 0 Å². The van der Waals surface area contributed by atoms with Crippen LogP contribution in [0.3, 0.4) is 0 Å². The van der Waals surface area contributed by atoms with Gasteiger partial charge in [0.25, 0.3) is 0 Å². The first-order valence-electron chi connectivity index (χ1n) is 6.60. The molecule has 1 aliphatic heterocycles. The summed E-state index contributed by atoms with van der Waals surface area (Å²) >= 11 is 1.93. The van der Waals surface area contributed by atoms with Crippen LogP contribution in [0.25, 0.3) is 0 Å². The van der Waals surface area contributed by atoms with Crippen LogP contribution in [-0.4, -0.2) is 15.9 Å². The van der Waals surface area contributed by atoms with E-state index >= 15 is 0 Å². The van der Waals surface area contributed by atoms with Crippen LogP contribution in [0, 0.1) is 0 Å². The first-order valence-corrected chi connectivity index (χ1v) is 7.65. The van der Waals surface area contributed by atoms with Gasteiger partial charge in [0.1, 0.15) is 0 Å². The van der Waals surface area contributed by atoms with Crippen molar-refractivity contribution in [1.29, 1.82) is 0 Å². The van der Waals surface area contributed by atoms with Crippen molar-refractivity contribution in [3.63, 3.8) is 0 Å². The lowest BCUT2D eigenvalue weighted by atomic mass is 10.1. The Bertz CT molecular complexity index is 549. The zero-order chi connectivity index (χ0) is 13.1. The number of hydrogen-bond donors (Lipinski definition) is 1. The summed E-state index contributed by atoms with van der Waals surface area (Å²) in [6.07, 6.45) is 4.31. The summed E-state index contributed by atoms with van der Waals surface area (Å²) in [7, 11) is 0. The Morgan fingerprint density at radius 2 is 2.21 bits per heavy atom. The summed E-state index contributed by atoms with van der Waals surface area (Å²) < 4.78 is 5.35. The normalized spacial score (nSPS) is 19.5. The zero-order valence-electron chi connectivity index (χ0n) is 10.7. The van der Waals surface area contributed by atoms with Crippen molar-refractivity contribution < 1.29 is 4.52 Å². The summed E-state index contributed by atoms with van der Waals surface area (Å²) in [6.45, 7) is 0. The maximum absolute atomic E-state index is 5.92. The number of para-hydroxylation sites is 1. The Morgan fingerprint density at radius 3 is 3.00 bits per heavy atom. The second-order valence-electron chi connectivity index (χ2n) is 4.78. The van der Waals surface area contributed by atoms with Gasteiger partial charge in [0.05, 0.1) is 11.7 Å². The third-order valence-corrected chi connectivity index (χ3v) is 4.72. The second-order valence-corrected chi connectivity index (χ2v) is 6.09. The highest BCUT2D eigenvalue weighted by Gasteiger charge is 2.21. The summed E-state index contributed by atoms with van der Waals surface area (Å²) in [5.41, 5.74) is 7.73. The largest absolute Gasteiger partial charge is 0.398 e. The van der Waals surface area contributed by atoms with Crippen LogP contribution >= 0.6 is 11.8 Å². The fourth-order valence-corrected chi connectivity index (χ4v) is 3.51. The van der Waals surface area contributed by atoms with E-state index in [1.165, 1.54) is 18.6 Å². The van der Waals surface area contributed by atoms with E-state index in [1.54, 1.807) is 0 Å². The van der Waals surface area contributed by atoms with Gasteiger partial charge in [0.15, 0.2) is 5.82 Å². The minimum atomic E-state index is 0.402. The van der Waals surface area contributed by atoms with Crippen LogP contribution in [0.1, 0.15) is 41.8 Å². The second kappa shape index (κ2) is 5.65. The average molecular weight is 275 g/mol. The predicted molar refractivity (Wildman–Crippen MR) is 77.0 cm³/mol. The van der Waals surface area contributed by atoms with Gasteiger partial charge in [-0.1, -0.05) is 29.8 Å². The fourth-order valence-electron chi connectivity index (χ4n) is 2.27. The highest BCUT2D eigenvalue weighted by Crippen LogP contribution is 2.36. The molecule has 0 saturated carbocycles. The third kappa shape index (κ3) is 2.92. The Labute approximate surface area is 116 Å². The lowest BCUT2D eigenvalue weighted by Crippen LogP contribution is -2.04. The quantitative estimate of drug-likeness (QED) is 0.871. The molecule has 2 aromatic rings. The number of hydrogen-bond acceptors (Lipinski definition) is 5. The molecular formula is C14H17N3OS. The monoisotopic (exact) mass is 275 g/mol. The van der Waals surface area contributed by atoms with Crippen LogP contribution < -0.4 is 5.73 Å².